The van der Waals surface area contributed by atoms with Crippen LogP contribution in [0.15, 0.2) is 24.3 Å². The molecule has 0 saturated heterocycles. The Hall–Kier alpha value is -1.62. The van der Waals surface area contributed by atoms with Gasteiger partial charge >= 0.3 is 6.09 Å². The molecule has 0 atom stereocenters. The van der Waals surface area contributed by atoms with Crippen LogP contribution in [-0.4, -0.2) is 35.8 Å². The molecule has 0 spiro atoms. The van der Waals surface area contributed by atoms with Crippen molar-refractivity contribution >= 4 is 6.09 Å². The molecule has 1 rings (SSSR count). The zero-order valence-electron chi connectivity index (χ0n) is 15.5. The number of ether oxygens (including phenoxy) is 2. The Morgan fingerprint density at radius 2 is 1.88 bits per heavy atom. The minimum absolute atomic E-state index is 0.0826. The maximum absolute atomic E-state index is 13.4. The van der Waals surface area contributed by atoms with E-state index in [2.05, 4.69) is 0 Å². The van der Waals surface area contributed by atoms with E-state index in [1.807, 2.05) is 34.6 Å². The lowest BCUT2D eigenvalue weighted by Gasteiger charge is -2.30. The van der Waals surface area contributed by atoms with Crippen molar-refractivity contribution in [1.29, 1.82) is 0 Å². The zero-order valence-corrected chi connectivity index (χ0v) is 15.5. The normalized spacial score (nSPS) is 11.6. The summed E-state index contributed by atoms with van der Waals surface area (Å²) in [5.41, 5.74) is 0.0719. The highest BCUT2D eigenvalue weighted by atomic mass is 19.1. The molecule has 24 heavy (non-hydrogen) atoms. The molecule has 0 fully saturated rings. The largest absolute Gasteiger partial charge is 0.444 e. The Kier molecular flexibility index (Phi) is 8.19. The first-order valence-electron chi connectivity index (χ1n) is 8.51. The molecule has 0 saturated carbocycles. The number of halogens is 1. The number of carbonyl (C=O) groups excluding carboxylic acids is 1. The second kappa shape index (κ2) is 9.62. The van der Waals surface area contributed by atoms with E-state index in [-0.39, 0.29) is 24.6 Å². The van der Waals surface area contributed by atoms with Gasteiger partial charge < -0.3 is 14.4 Å². The van der Waals surface area contributed by atoms with Gasteiger partial charge in [0.05, 0.1) is 6.61 Å². The molecule has 0 unspecified atom stereocenters. The van der Waals surface area contributed by atoms with Gasteiger partial charge in [-0.15, -0.1) is 0 Å². The third-order valence-corrected chi connectivity index (χ3v) is 3.40. The molecule has 1 aromatic carbocycles. The first-order chi connectivity index (χ1) is 11.2. The number of hydrogen-bond acceptors (Lipinski definition) is 3. The molecular weight excluding hydrogens is 309 g/mol. The molecule has 0 N–H and O–H groups in total. The van der Waals surface area contributed by atoms with Gasteiger partial charge in [-0.05, 0) is 53.5 Å². The Balaban J connectivity index is 2.28. The van der Waals surface area contributed by atoms with Gasteiger partial charge in [-0.3, -0.25) is 0 Å². The van der Waals surface area contributed by atoms with Crippen LogP contribution in [0, 0.1) is 5.82 Å². The Morgan fingerprint density at radius 1 is 1.21 bits per heavy atom. The van der Waals surface area contributed by atoms with Gasteiger partial charge in [0.2, 0.25) is 0 Å². The average molecular weight is 339 g/mol. The highest BCUT2D eigenvalue weighted by molar-refractivity contribution is 5.68. The summed E-state index contributed by atoms with van der Waals surface area (Å²) in [6.07, 6.45) is 1.33. The second-order valence-corrected chi connectivity index (χ2v) is 7.12. The summed E-state index contributed by atoms with van der Waals surface area (Å²) in [6, 6.07) is 6.69. The highest BCUT2D eigenvalue weighted by Gasteiger charge is 2.23. The molecule has 0 heterocycles. The van der Waals surface area contributed by atoms with Crippen molar-refractivity contribution in [2.75, 3.05) is 13.2 Å². The average Bonchev–Trinajstić information content (AvgIpc) is 2.45. The fourth-order valence-electron chi connectivity index (χ4n) is 2.16. The van der Waals surface area contributed by atoms with E-state index in [4.69, 9.17) is 9.47 Å². The van der Waals surface area contributed by atoms with Crippen molar-refractivity contribution < 1.29 is 18.7 Å². The minimum atomic E-state index is -0.493. The van der Waals surface area contributed by atoms with Crippen molar-refractivity contribution in [3.8, 4) is 0 Å². The number of nitrogens with zero attached hydrogens (tertiary/aromatic N) is 1. The monoisotopic (exact) mass is 339 g/mol. The molecule has 1 aromatic rings. The van der Waals surface area contributed by atoms with Gasteiger partial charge in [0.25, 0.3) is 0 Å². The lowest BCUT2D eigenvalue weighted by atomic mass is 10.2. The summed E-state index contributed by atoms with van der Waals surface area (Å²) >= 11 is 0. The molecule has 0 aliphatic carbocycles. The van der Waals surface area contributed by atoms with E-state index in [0.29, 0.717) is 18.7 Å². The van der Waals surface area contributed by atoms with Crippen molar-refractivity contribution in [3.05, 3.63) is 35.6 Å². The van der Waals surface area contributed by atoms with Gasteiger partial charge in [0.1, 0.15) is 11.4 Å². The van der Waals surface area contributed by atoms with Gasteiger partial charge in [-0.25, -0.2) is 9.18 Å². The summed E-state index contributed by atoms with van der Waals surface area (Å²) < 4.78 is 24.4. The molecule has 0 aromatic heterocycles. The van der Waals surface area contributed by atoms with E-state index in [1.54, 1.807) is 23.1 Å². The van der Waals surface area contributed by atoms with Crippen LogP contribution in [0.5, 0.6) is 0 Å². The standard InChI is InChI=1S/C19H30FNO3/c1-15(2)21(18(22)24-19(3,4)5)12-8-9-13-23-14-16-10-6-7-11-17(16)20/h6-7,10-11,15H,8-9,12-14H2,1-5H3. The lowest BCUT2D eigenvalue weighted by molar-refractivity contribution is 0.0180. The Morgan fingerprint density at radius 3 is 2.46 bits per heavy atom. The lowest BCUT2D eigenvalue weighted by Crippen LogP contribution is -2.41. The molecular formula is C19H30FNO3. The summed E-state index contributed by atoms with van der Waals surface area (Å²) in [5.74, 6) is -0.242. The number of unbranched alkanes of at least 4 members (excludes halogenated alkanes) is 1. The fraction of sp³-hybridized carbons (Fsp3) is 0.632. The minimum Gasteiger partial charge on any atom is -0.444 e. The van der Waals surface area contributed by atoms with Gasteiger partial charge in [-0.1, -0.05) is 18.2 Å². The molecule has 0 radical (unpaired) electrons. The Bertz CT molecular complexity index is 512. The van der Waals surface area contributed by atoms with Crippen molar-refractivity contribution in [2.45, 2.75) is 65.7 Å². The molecule has 4 nitrogen and oxygen atoms in total. The summed E-state index contributed by atoms with van der Waals surface area (Å²) in [6.45, 7) is 11.0. The van der Waals surface area contributed by atoms with Crippen molar-refractivity contribution in [1.82, 2.24) is 4.90 Å². The first-order valence-corrected chi connectivity index (χ1v) is 8.51. The van der Waals surface area contributed by atoms with Crippen LogP contribution in [0.3, 0.4) is 0 Å². The molecule has 0 aliphatic heterocycles. The quantitative estimate of drug-likeness (QED) is 0.641. The molecule has 136 valence electrons. The van der Waals surface area contributed by atoms with Crippen LogP contribution in [0.1, 0.15) is 53.0 Å². The van der Waals surface area contributed by atoms with E-state index in [1.165, 1.54) is 6.07 Å². The summed E-state index contributed by atoms with van der Waals surface area (Å²) in [5, 5.41) is 0. The third-order valence-electron chi connectivity index (χ3n) is 3.40. The summed E-state index contributed by atoms with van der Waals surface area (Å²) in [7, 11) is 0. The summed E-state index contributed by atoms with van der Waals surface area (Å²) in [4.78, 5) is 13.9. The van der Waals surface area contributed by atoms with Gasteiger partial charge in [0, 0.05) is 24.8 Å². The molecule has 1 amide bonds. The molecule has 5 heteroatoms. The highest BCUT2D eigenvalue weighted by Crippen LogP contribution is 2.13. The fourth-order valence-corrected chi connectivity index (χ4v) is 2.16. The number of benzene rings is 1. The first kappa shape index (κ1) is 20.4. The van der Waals surface area contributed by atoms with E-state index in [0.717, 1.165) is 12.8 Å². The van der Waals surface area contributed by atoms with E-state index < -0.39 is 5.60 Å². The van der Waals surface area contributed by atoms with Crippen LogP contribution in [0.25, 0.3) is 0 Å². The third kappa shape index (κ3) is 7.77. The van der Waals surface area contributed by atoms with Crippen LogP contribution in [0.2, 0.25) is 0 Å². The molecule has 0 aliphatic rings. The molecule has 0 bridgehead atoms. The maximum Gasteiger partial charge on any atom is 0.410 e. The number of amides is 1. The van der Waals surface area contributed by atoms with Crippen LogP contribution >= 0.6 is 0 Å². The van der Waals surface area contributed by atoms with Gasteiger partial charge in [-0.2, -0.15) is 0 Å². The Labute approximate surface area is 144 Å². The zero-order chi connectivity index (χ0) is 18.2. The number of rotatable bonds is 8. The van der Waals surface area contributed by atoms with Gasteiger partial charge in [0.15, 0.2) is 0 Å². The van der Waals surface area contributed by atoms with Crippen LogP contribution in [-0.2, 0) is 16.1 Å². The van der Waals surface area contributed by atoms with E-state index in [9.17, 15) is 9.18 Å². The maximum atomic E-state index is 13.4. The van der Waals surface area contributed by atoms with Crippen LogP contribution < -0.4 is 0 Å². The second-order valence-electron chi connectivity index (χ2n) is 7.12. The SMILES string of the molecule is CC(C)N(CCCCOCc1ccccc1F)C(=O)OC(C)(C)C. The smallest absolute Gasteiger partial charge is 0.410 e. The predicted molar refractivity (Wildman–Crippen MR) is 93.4 cm³/mol. The van der Waals surface area contributed by atoms with Crippen LogP contribution in [0.4, 0.5) is 9.18 Å². The topological polar surface area (TPSA) is 38.8 Å². The number of hydrogen-bond donors (Lipinski definition) is 0. The predicted octanol–water partition coefficient (Wildman–Crippen LogP) is 4.77. The van der Waals surface area contributed by atoms with Crippen molar-refractivity contribution in [2.24, 2.45) is 0 Å². The number of carbonyl (C=O) groups is 1. The van der Waals surface area contributed by atoms with Crippen molar-refractivity contribution in [3.63, 3.8) is 0 Å². The van der Waals surface area contributed by atoms with E-state index >= 15 is 0 Å².